The van der Waals surface area contributed by atoms with E-state index in [-0.39, 0.29) is 6.71 Å². The number of benzene rings is 5. The summed E-state index contributed by atoms with van der Waals surface area (Å²) in [5.41, 5.74) is 8.87. The number of aromatic nitrogens is 2. The van der Waals surface area contributed by atoms with Gasteiger partial charge < -0.3 is 14.0 Å². The lowest BCUT2D eigenvalue weighted by molar-refractivity contribution is 0.464. The lowest BCUT2D eigenvalue weighted by atomic mass is 9.34. The van der Waals surface area contributed by atoms with E-state index >= 15 is 0 Å². The Labute approximate surface area is 231 Å². The Bertz CT molecular complexity index is 2060. The molecule has 4 nitrogen and oxygen atoms in total. The van der Waals surface area contributed by atoms with Gasteiger partial charge in [-0.15, -0.1) is 0 Å². The predicted octanol–water partition coefficient (Wildman–Crippen LogP) is 6.57. The molecule has 0 spiro atoms. The molecule has 5 aromatic carbocycles. The van der Waals surface area contributed by atoms with Crippen LogP contribution in [0.2, 0.25) is 0 Å². The van der Waals surface area contributed by atoms with Gasteiger partial charge in [0, 0.05) is 40.8 Å². The Morgan fingerprint density at radius 1 is 0.550 bits per heavy atom. The number of rotatable bonds is 2. The second-order valence-electron chi connectivity index (χ2n) is 10.4. The van der Waals surface area contributed by atoms with Crippen LogP contribution < -0.4 is 25.9 Å². The Morgan fingerprint density at radius 3 is 1.95 bits per heavy atom. The van der Waals surface area contributed by atoms with E-state index in [1.807, 2.05) is 18.3 Å². The van der Waals surface area contributed by atoms with Crippen LogP contribution >= 0.6 is 0 Å². The summed E-state index contributed by atoms with van der Waals surface area (Å²) < 4.78 is 15.6. The highest BCUT2D eigenvalue weighted by Crippen LogP contribution is 2.39. The number of hydrogen-bond acceptors (Lipinski definition) is 3. The molecule has 0 saturated carbocycles. The van der Waals surface area contributed by atoms with Crippen LogP contribution in [0.4, 0.5) is 0 Å². The first kappa shape index (κ1) is 21.6. The maximum atomic E-state index is 6.68. The minimum absolute atomic E-state index is 0.00234. The zero-order valence-corrected chi connectivity index (χ0v) is 21.4. The smallest absolute Gasteiger partial charge is 0.260 e. The fourth-order valence-corrected chi connectivity index (χ4v) is 6.48. The van der Waals surface area contributed by atoms with Crippen molar-refractivity contribution >= 4 is 44.9 Å². The van der Waals surface area contributed by atoms with Crippen LogP contribution in [0.25, 0.3) is 38.6 Å². The van der Waals surface area contributed by atoms with Crippen molar-refractivity contribution in [1.29, 1.82) is 0 Å². The average Bonchev–Trinajstić information content (AvgIpc) is 3.35. The zero-order chi connectivity index (χ0) is 26.2. The maximum Gasteiger partial charge on any atom is 0.260 e. The molecule has 186 valence electrons. The van der Waals surface area contributed by atoms with Gasteiger partial charge in [0.05, 0.1) is 16.7 Å². The average molecular weight is 512 g/mol. The number of fused-ring (bicyclic) bond motifs is 7. The number of para-hydroxylation sites is 3. The van der Waals surface area contributed by atoms with Crippen LogP contribution in [0, 0.1) is 0 Å². The normalized spacial score (nSPS) is 12.8. The summed E-state index contributed by atoms with van der Waals surface area (Å²) in [4.78, 5) is 4.33. The van der Waals surface area contributed by atoms with Gasteiger partial charge in [-0.2, -0.15) is 0 Å². The van der Waals surface area contributed by atoms with Crippen LogP contribution in [0.15, 0.2) is 128 Å². The molecule has 40 heavy (non-hydrogen) atoms. The third-order valence-corrected chi connectivity index (χ3v) is 8.20. The van der Waals surface area contributed by atoms with Gasteiger partial charge in [-0.25, -0.2) is 0 Å². The Morgan fingerprint density at radius 2 is 1.23 bits per heavy atom. The summed E-state index contributed by atoms with van der Waals surface area (Å²) in [6, 6.07) is 40.3. The molecule has 0 aliphatic carbocycles. The molecule has 0 radical (unpaired) electrons. The van der Waals surface area contributed by atoms with Gasteiger partial charge in [0.2, 0.25) is 0 Å². The molecule has 0 N–H and O–H groups in total. The molecule has 2 aromatic heterocycles. The summed E-state index contributed by atoms with van der Waals surface area (Å²) in [6.45, 7) is 0.00234. The van der Waals surface area contributed by atoms with E-state index in [9.17, 15) is 0 Å². The molecule has 4 heterocycles. The van der Waals surface area contributed by atoms with Crippen molar-refractivity contribution in [2.24, 2.45) is 0 Å². The molecule has 2 aliphatic heterocycles. The topological polar surface area (TPSA) is 36.3 Å². The minimum Gasteiger partial charge on any atom is -0.458 e. The molecule has 9 rings (SSSR count). The lowest BCUT2D eigenvalue weighted by Gasteiger charge is -2.33. The van der Waals surface area contributed by atoms with Crippen molar-refractivity contribution in [1.82, 2.24) is 9.55 Å². The maximum absolute atomic E-state index is 6.68. The molecule has 0 fully saturated rings. The second kappa shape index (κ2) is 8.11. The van der Waals surface area contributed by atoms with Crippen LogP contribution in [0.5, 0.6) is 23.0 Å². The van der Waals surface area contributed by atoms with Gasteiger partial charge in [-0.3, -0.25) is 4.98 Å². The van der Waals surface area contributed by atoms with E-state index in [2.05, 4.69) is 113 Å². The molecule has 0 unspecified atom stereocenters. The number of ether oxygens (including phenoxy) is 2. The number of nitrogens with zero attached hydrogens (tertiary/aromatic N) is 2. The van der Waals surface area contributed by atoms with Gasteiger partial charge in [-0.05, 0) is 52.4 Å². The molecule has 0 bridgehead atoms. The van der Waals surface area contributed by atoms with E-state index in [0.717, 1.165) is 67.2 Å². The molecular weight excluding hydrogens is 491 g/mol. The number of hydrogen-bond donors (Lipinski definition) is 0. The summed E-state index contributed by atoms with van der Waals surface area (Å²) in [5, 5.41) is 2.45. The van der Waals surface area contributed by atoms with E-state index in [4.69, 9.17) is 9.47 Å². The van der Waals surface area contributed by atoms with Gasteiger partial charge in [0.15, 0.2) is 0 Å². The van der Waals surface area contributed by atoms with Crippen molar-refractivity contribution in [2.45, 2.75) is 0 Å². The fourth-order valence-electron chi connectivity index (χ4n) is 6.48. The monoisotopic (exact) mass is 512 g/mol. The summed E-state index contributed by atoms with van der Waals surface area (Å²) in [7, 11) is 0. The van der Waals surface area contributed by atoms with E-state index < -0.39 is 0 Å². The van der Waals surface area contributed by atoms with Crippen LogP contribution in [0.1, 0.15) is 0 Å². The molecule has 0 amide bonds. The van der Waals surface area contributed by atoms with Crippen molar-refractivity contribution in [3.8, 4) is 39.8 Å². The van der Waals surface area contributed by atoms with E-state index in [0.29, 0.717) is 0 Å². The van der Waals surface area contributed by atoms with Gasteiger partial charge >= 0.3 is 0 Å². The quantitative estimate of drug-likeness (QED) is 0.246. The molecule has 5 heteroatoms. The predicted molar refractivity (Wildman–Crippen MR) is 162 cm³/mol. The van der Waals surface area contributed by atoms with Crippen molar-refractivity contribution in [3.05, 3.63) is 128 Å². The highest BCUT2D eigenvalue weighted by molar-refractivity contribution is 6.98. The molecule has 7 aromatic rings. The van der Waals surface area contributed by atoms with Crippen LogP contribution in [-0.2, 0) is 0 Å². The summed E-state index contributed by atoms with van der Waals surface area (Å²) >= 11 is 0. The summed E-state index contributed by atoms with van der Waals surface area (Å²) in [5.74, 6) is 3.41. The standard InChI is InChI=1S/C35H21BN2O2/c1-4-12-29-25(9-1)26-10-2-5-13-30(26)38(29)24-19-33-35-34(20-24)40-32-16-15-22(23-8-7-17-37-21-23)18-28(32)36(35)27-11-3-6-14-31(27)39-33/h1-21H. The summed E-state index contributed by atoms with van der Waals surface area (Å²) in [6.07, 6.45) is 3.71. The van der Waals surface area contributed by atoms with E-state index in [1.54, 1.807) is 6.20 Å². The number of pyridine rings is 1. The van der Waals surface area contributed by atoms with Crippen molar-refractivity contribution < 1.29 is 9.47 Å². The molecule has 0 saturated heterocycles. The van der Waals surface area contributed by atoms with Crippen LogP contribution in [0.3, 0.4) is 0 Å². The third kappa shape index (κ3) is 3.00. The van der Waals surface area contributed by atoms with Gasteiger partial charge in [-0.1, -0.05) is 72.8 Å². The van der Waals surface area contributed by atoms with E-state index in [1.165, 1.54) is 10.8 Å². The largest absolute Gasteiger partial charge is 0.458 e. The Kier molecular flexibility index (Phi) is 4.38. The first-order valence-corrected chi connectivity index (χ1v) is 13.5. The van der Waals surface area contributed by atoms with Crippen molar-refractivity contribution in [3.63, 3.8) is 0 Å². The van der Waals surface area contributed by atoms with Crippen LogP contribution in [-0.4, -0.2) is 16.3 Å². The second-order valence-corrected chi connectivity index (χ2v) is 10.4. The molecule has 2 aliphatic rings. The Hall–Kier alpha value is -5.29. The third-order valence-electron chi connectivity index (χ3n) is 8.20. The lowest BCUT2D eigenvalue weighted by Crippen LogP contribution is -2.57. The SMILES string of the molecule is c1cncc(-c2ccc3c(c2)B2c4ccccc4Oc4cc(-n5c6ccccc6c6ccccc65)cc(c42)O3)c1. The van der Waals surface area contributed by atoms with Crippen molar-refractivity contribution in [2.75, 3.05) is 0 Å². The Balaban J connectivity index is 1.30. The van der Waals surface area contributed by atoms with Gasteiger partial charge in [0.25, 0.3) is 6.71 Å². The highest BCUT2D eigenvalue weighted by Gasteiger charge is 2.40. The first-order valence-electron chi connectivity index (χ1n) is 13.5. The fraction of sp³-hybridized carbons (Fsp3) is 0. The van der Waals surface area contributed by atoms with Gasteiger partial charge in [0.1, 0.15) is 23.0 Å². The first-order chi connectivity index (χ1) is 19.8. The highest BCUT2D eigenvalue weighted by atomic mass is 16.5. The molecule has 0 atom stereocenters. The zero-order valence-electron chi connectivity index (χ0n) is 21.4. The molecular formula is C35H21BN2O2. The minimum atomic E-state index is 0.00234.